The summed E-state index contributed by atoms with van der Waals surface area (Å²) in [5.41, 5.74) is 0. The number of β-amino-alcohol motifs (C(OH)–C–C–N with tert-alkyl or cyclic N) is 1. The molecule has 2 rings (SSSR count). The van der Waals surface area contributed by atoms with Gasteiger partial charge in [-0.25, -0.2) is 9.18 Å². The number of benzene rings is 1. The van der Waals surface area contributed by atoms with Crippen molar-refractivity contribution in [1.29, 1.82) is 0 Å². The minimum Gasteiger partial charge on any atom is -0.486 e. The molecule has 1 fully saturated rings. The largest absolute Gasteiger partial charge is 0.486 e. The summed E-state index contributed by atoms with van der Waals surface area (Å²) in [6.45, 7) is 3.04. The maximum atomic E-state index is 13.4. The van der Waals surface area contributed by atoms with Gasteiger partial charge in [0.1, 0.15) is 6.10 Å². The Kier molecular flexibility index (Phi) is 5.38. The van der Waals surface area contributed by atoms with E-state index in [-0.39, 0.29) is 24.4 Å². The highest BCUT2D eigenvalue weighted by Gasteiger charge is 2.22. The Hall–Kier alpha value is -1.82. The van der Waals surface area contributed by atoms with Crippen LogP contribution >= 0.6 is 0 Å². The van der Waals surface area contributed by atoms with Crippen molar-refractivity contribution < 1.29 is 19.0 Å². The first-order valence-corrected chi connectivity index (χ1v) is 7.18. The third-order valence-corrected chi connectivity index (χ3v) is 3.39. The van der Waals surface area contributed by atoms with Gasteiger partial charge in [0.2, 0.25) is 0 Å². The molecular weight excluding hydrogens is 275 g/mol. The van der Waals surface area contributed by atoms with Gasteiger partial charge in [-0.3, -0.25) is 0 Å². The van der Waals surface area contributed by atoms with Crippen LogP contribution in [0.5, 0.6) is 5.75 Å². The Bertz CT molecular complexity index is 484. The molecule has 2 amide bonds. The van der Waals surface area contributed by atoms with Gasteiger partial charge in [0.05, 0.1) is 12.6 Å². The zero-order valence-corrected chi connectivity index (χ0v) is 12.1. The van der Waals surface area contributed by atoms with Crippen LogP contribution in [-0.4, -0.2) is 47.9 Å². The van der Waals surface area contributed by atoms with Crippen molar-refractivity contribution in [2.24, 2.45) is 0 Å². The van der Waals surface area contributed by atoms with Gasteiger partial charge in [-0.05, 0) is 31.9 Å². The second-order valence-electron chi connectivity index (χ2n) is 5.29. The number of carbonyl (C=O) groups excluding carboxylic acids is 1. The summed E-state index contributed by atoms with van der Waals surface area (Å²) in [7, 11) is 0. The Morgan fingerprint density at radius 3 is 3.05 bits per heavy atom. The number of halogens is 1. The Morgan fingerprint density at radius 2 is 2.33 bits per heavy atom. The van der Waals surface area contributed by atoms with E-state index in [1.165, 1.54) is 6.07 Å². The molecule has 1 saturated heterocycles. The molecule has 0 bridgehead atoms. The number of hydrogen-bond donors (Lipinski definition) is 2. The number of aliphatic hydroxyl groups excluding tert-OH is 1. The number of carbonyl (C=O) groups is 1. The smallest absolute Gasteiger partial charge is 0.317 e. The summed E-state index contributed by atoms with van der Waals surface area (Å²) in [4.78, 5) is 13.5. The van der Waals surface area contributed by atoms with Crippen molar-refractivity contribution in [3.8, 4) is 5.75 Å². The minimum absolute atomic E-state index is 0.174. The summed E-state index contributed by atoms with van der Waals surface area (Å²) in [6.07, 6.45) is 0.740. The van der Waals surface area contributed by atoms with E-state index in [4.69, 9.17) is 4.74 Å². The highest BCUT2D eigenvalue weighted by molar-refractivity contribution is 5.74. The predicted octanol–water partition coefficient (Wildman–Crippen LogP) is 1.76. The number of rotatable bonds is 4. The van der Waals surface area contributed by atoms with E-state index in [0.717, 1.165) is 12.8 Å². The number of nitrogens with one attached hydrogen (secondary N) is 1. The molecule has 2 atom stereocenters. The van der Waals surface area contributed by atoms with Gasteiger partial charge in [0.15, 0.2) is 11.6 Å². The summed E-state index contributed by atoms with van der Waals surface area (Å²) >= 11 is 0. The Labute approximate surface area is 123 Å². The van der Waals surface area contributed by atoms with E-state index in [9.17, 15) is 14.3 Å². The fraction of sp³-hybridized carbons (Fsp3) is 0.533. The second kappa shape index (κ2) is 7.26. The molecule has 2 N–H and O–H groups in total. The Morgan fingerprint density at radius 1 is 1.57 bits per heavy atom. The number of para-hydroxylation sites is 1. The highest BCUT2D eigenvalue weighted by Crippen LogP contribution is 2.16. The molecule has 2 unspecified atom stereocenters. The van der Waals surface area contributed by atoms with Gasteiger partial charge in [-0.2, -0.15) is 0 Å². The van der Waals surface area contributed by atoms with Gasteiger partial charge in [0, 0.05) is 13.1 Å². The molecule has 21 heavy (non-hydrogen) atoms. The minimum atomic E-state index is -0.448. The molecule has 0 spiro atoms. The topological polar surface area (TPSA) is 61.8 Å². The van der Waals surface area contributed by atoms with Gasteiger partial charge < -0.3 is 20.1 Å². The monoisotopic (exact) mass is 296 g/mol. The van der Waals surface area contributed by atoms with Crippen molar-refractivity contribution in [3.63, 3.8) is 0 Å². The van der Waals surface area contributed by atoms with Crippen molar-refractivity contribution in [2.45, 2.75) is 32.0 Å². The molecule has 1 heterocycles. The lowest BCUT2D eigenvalue weighted by atomic mass is 10.1. The molecule has 1 aliphatic heterocycles. The van der Waals surface area contributed by atoms with E-state index >= 15 is 0 Å². The molecule has 5 nitrogen and oxygen atoms in total. The maximum Gasteiger partial charge on any atom is 0.317 e. The van der Waals surface area contributed by atoms with E-state index in [1.807, 2.05) is 0 Å². The first-order chi connectivity index (χ1) is 10.1. The average Bonchev–Trinajstić information content (AvgIpc) is 2.47. The molecule has 1 aromatic carbocycles. The molecule has 0 aliphatic carbocycles. The number of urea groups is 1. The number of piperidine rings is 1. The van der Waals surface area contributed by atoms with Crippen LogP contribution < -0.4 is 10.1 Å². The van der Waals surface area contributed by atoms with Crippen LogP contribution in [0.15, 0.2) is 24.3 Å². The molecule has 0 saturated carbocycles. The molecule has 6 heteroatoms. The molecule has 116 valence electrons. The number of ether oxygens (including phenoxy) is 1. The fourth-order valence-corrected chi connectivity index (χ4v) is 2.28. The average molecular weight is 296 g/mol. The number of amides is 2. The highest BCUT2D eigenvalue weighted by atomic mass is 19.1. The van der Waals surface area contributed by atoms with Crippen molar-refractivity contribution >= 4 is 6.03 Å². The molecule has 0 aromatic heterocycles. The van der Waals surface area contributed by atoms with Crippen LogP contribution in [0, 0.1) is 5.82 Å². The molecular formula is C15H21FN2O3. The Balaban J connectivity index is 1.77. The van der Waals surface area contributed by atoms with Crippen molar-refractivity contribution in [2.75, 3.05) is 19.6 Å². The van der Waals surface area contributed by atoms with E-state index in [1.54, 1.807) is 30.0 Å². The number of hydrogen-bond acceptors (Lipinski definition) is 3. The maximum absolute atomic E-state index is 13.4. The molecule has 1 aliphatic rings. The third kappa shape index (κ3) is 4.60. The first-order valence-electron chi connectivity index (χ1n) is 7.18. The van der Waals surface area contributed by atoms with Crippen molar-refractivity contribution in [1.82, 2.24) is 10.2 Å². The van der Waals surface area contributed by atoms with Crippen LogP contribution in [0.1, 0.15) is 19.8 Å². The summed E-state index contributed by atoms with van der Waals surface area (Å²) < 4.78 is 18.9. The van der Waals surface area contributed by atoms with Crippen LogP contribution in [-0.2, 0) is 0 Å². The number of likely N-dealkylation sites (tertiary alicyclic amines) is 1. The lowest BCUT2D eigenvalue weighted by Crippen LogP contribution is -2.48. The van der Waals surface area contributed by atoms with Crippen LogP contribution in [0.2, 0.25) is 0 Å². The zero-order chi connectivity index (χ0) is 15.2. The first kappa shape index (κ1) is 15.6. The lowest BCUT2D eigenvalue weighted by Gasteiger charge is -2.30. The number of aliphatic hydroxyl groups is 1. The van der Waals surface area contributed by atoms with Crippen LogP contribution in [0.25, 0.3) is 0 Å². The summed E-state index contributed by atoms with van der Waals surface area (Å²) in [6, 6.07) is 5.94. The van der Waals surface area contributed by atoms with Gasteiger partial charge in [0.25, 0.3) is 0 Å². The predicted molar refractivity (Wildman–Crippen MR) is 76.7 cm³/mol. The fourth-order valence-electron chi connectivity index (χ4n) is 2.28. The van der Waals surface area contributed by atoms with E-state index in [0.29, 0.717) is 13.1 Å². The van der Waals surface area contributed by atoms with Gasteiger partial charge in [-0.15, -0.1) is 0 Å². The summed E-state index contributed by atoms with van der Waals surface area (Å²) in [5, 5.41) is 12.3. The van der Waals surface area contributed by atoms with Crippen LogP contribution in [0.3, 0.4) is 0 Å². The van der Waals surface area contributed by atoms with Crippen molar-refractivity contribution in [3.05, 3.63) is 30.1 Å². The van der Waals surface area contributed by atoms with Gasteiger partial charge >= 0.3 is 6.03 Å². The lowest BCUT2D eigenvalue weighted by molar-refractivity contribution is 0.0831. The standard InChI is InChI=1S/C15H21FN2O3/c1-11(21-14-7-3-2-6-13(14)16)9-17-15(20)18-8-4-5-12(19)10-18/h2-3,6-7,11-12,19H,4-5,8-10H2,1H3,(H,17,20). The zero-order valence-electron chi connectivity index (χ0n) is 12.1. The quantitative estimate of drug-likeness (QED) is 0.890. The molecule has 1 aromatic rings. The molecule has 0 radical (unpaired) electrons. The SMILES string of the molecule is CC(CNC(=O)N1CCCC(O)C1)Oc1ccccc1F. The second-order valence-corrected chi connectivity index (χ2v) is 5.29. The van der Waals surface area contributed by atoms with Gasteiger partial charge in [-0.1, -0.05) is 12.1 Å². The van der Waals surface area contributed by atoms with E-state index in [2.05, 4.69) is 5.32 Å². The van der Waals surface area contributed by atoms with Crippen LogP contribution in [0.4, 0.5) is 9.18 Å². The van der Waals surface area contributed by atoms with E-state index < -0.39 is 11.9 Å². The third-order valence-electron chi connectivity index (χ3n) is 3.39. The number of nitrogens with zero attached hydrogens (tertiary/aromatic N) is 1. The normalized spacial score (nSPS) is 20.0. The summed E-state index contributed by atoms with van der Waals surface area (Å²) in [5.74, 6) is -0.248.